The number of nitrogens with zero attached hydrogens (tertiary/aromatic N) is 5. The monoisotopic (exact) mass is 1100 g/mol. The standard InChI is InChI=1S/C55H75N11O11S/c1-32(2)48(62-45(69)11-7-6-8-23-65-46(70)26-34(4)54(65)73)44(68)21-20-43(67)40(10-9-22-59-55(57)74)36-15-13-35(14-16-36)29-64-31-60-52(56)47-37(17-18-39-33(3)12-19-41-51(39)77-25-24-63(41)5)30-66(53(47)64)42-27-38(49(71)50(42)72)28-61-78(58,75)76/h12-16,19,30-32,34,38,40,42,47-50,53,56,61,71-72H,6-11,20-29H2,1-5H3,(H6,57,58,59,62,69,74,75,76)/p+1/t34?,38-,40+,42-,47?,48+,49+,50-,53?/m0/s1. The quantitative estimate of drug-likeness (QED) is 0.0319. The third-order valence-electron chi connectivity index (χ3n) is 15.5. The molecule has 0 bridgehead atoms. The van der Waals surface area contributed by atoms with Crippen LogP contribution in [0.15, 0.2) is 53.2 Å². The second-order valence-corrected chi connectivity index (χ2v) is 23.0. The van der Waals surface area contributed by atoms with Crippen LogP contribution in [0.2, 0.25) is 0 Å². The molecule has 23 heteroatoms. The van der Waals surface area contributed by atoms with Gasteiger partial charge in [-0.2, -0.15) is 8.42 Å². The van der Waals surface area contributed by atoms with Crippen molar-refractivity contribution < 1.29 is 56.7 Å². The number of aryl methyl sites for hydroxylation is 1. The number of imide groups is 1. The number of aliphatic imine (C=N–C) groups is 1. The van der Waals surface area contributed by atoms with Crippen molar-refractivity contribution >= 4 is 63.4 Å². The van der Waals surface area contributed by atoms with Crippen molar-refractivity contribution in [2.24, 2.45) is 45.3 Å². The summed E-state index contributed by atoms with van der Waals surface area (Å²) in [6.45, 7) is 9.18. The summed E-state index contributed by atoms with van der Waals surface area (Å²) >= 11 is 0. The molecule has 7 rings (SSSR count). The second kappa shape index (κ2) is 25.8. The minimum Gasteiger partial charge on any atom is -0.488 e. The van der Waals surface area contributed by atoms with E-state index in [9.17, 15) is 47.4 Å². The Labute approximate surface area is 456 Å². The van der Waals surface area contributed by atoms with Crippen molar-refractivity contribution in [1.82, 2.24) is 25.2 Å². The van der Waals surface area contributed by atoms with E-state index in [0.29, 0.717) is 62.1 Å². The first-order valence-electron chi connectivity index (χ1n) is 26.9. The number of hydrogen-bond acceptors (Lipinski definition) is 15. The molecule has 1 saturated carbocycles. The summed E-state index contributed by atoms with van der Waals surface area (Å²) < 4.78 is 34.1. The van der Waals surface area contributed by atoms with Gasteiger partial charge in [-0.25, -0.2) is 19.2 Å². The zero-order chi connectivity index (χ0) is 56.6. The maximum absolute atomic E-state index is 14.2. The number of anilines is 1. The van der Waals surface area contributed by atoms with Gasteiger partial charge in [0, 0.05) is 81.9 Å². The van der Waals surface area contributed by atoms with E-state index in [1.807, 2.05) is 79.9 Å². The zero-order valence-electron chi connectivity index (χ0n) is 45.2. The molecule has 422 valence electrons. The Morgan fingerprint density at radius 2 is 1.71 bits per heavy atom. The Kier molecular flexibility index (Phi) is 19.5. The van der Waals surface area contributed by atoms with Crippen molar-refractivity contribution in [3.8, 4) is 17.6 Å². The van der Waals surface area contributed by atoms with Crippen molar-refractivity contribution in [3.63, 3.8) is 0 Å². The number of carbonyl (C=O) groups is 6. The van der Waals surface area contributed by atoms with Crippen molar-refractivity contribution in [2.45, 2.75) is 135 Å². The summed E-state index contributed by atoms with van der Waals surface area (Å²) in [7, 11) is -2.09. The molecule has 1 aliphatic carbocycles. The van der Waals surface area contributed by atoms with Crippen LogP contribution in [-0.2, 0) is 40.7 Å². The van der Waals surface area contributed by atoms with Gasteiger partial charge in [0.2, 0.25) is 23.6 Å². The van der Waals surface area contributed by atoms with E-state index in [-0.39, 0.29) is 98.7 Å². The smallest absolute Gasteiger partial charge is 0.312 e. The van der Waals surface area contributed by atoms with Crippen LogP contribution in [-0.4, -0.2) is 151 Å². The number of likely N-dealkylation sites (N-methyl/N-ethyl adjacent to an activating group) is 1. The number of benzene rings is 2. The molecule has 5 amide bonds. The van der Waals surface area contributed by atoms with Crippen LogP contribution in [0.1, 0.15) is 113 Å². The lowest BCUT2D eigenvalue weighted by Crippen LogP contribution is -2.54. The number of aliphatic hydroxyl groups excluding tert-OH is 2. The van der Waals surface area contributed by atoms with E-state index in [1.165, 1.54) is 4.90 Å². The molecule has 22 nitrogen and oxygen atoms in total. The normalized spacial score (nSPS) is 23.6. The highest BCUT2D eigenvalue weighted by atomic mass is 32.2. The third kappa shape index (κ3) is 14.3. The molecule has 78 heavy (non-hydrogen) atoms. The highest BCUT2D eigenvalue weighted by Gasteiger charge is 2.53. The molecule has 0 aromatic heterocycles. The number of fused-ring (bicyclic) bond motifs is 2. The van der Waals surface area contributed by atoms with Crippen LogP contribution < -0.4 is 41.6 Å². The number of likely N-dealkylation sites (tertiary alicyclic amines) is 1. The maximum atomic E-state index is 14.2. The summed E-state index contributed by atoms with van der Waals surface area (Å²) in [6.07, 6.45) is 3.11. The largest absolute Gasteiger partial charge is 0.488 e. The molecule has 2 aromatic rings. The minimum absolute atomic E-state index is 0.0868. The van der Waals surface area contributed by atoms with Crippen LogP contribution in [0, 0.1) is 42.4 Å². The molecule has 11 N–H and O–H groups in total. The molecular weight excluding hydrogens is 1020 g/mol. The van der Waals surface area contributed by atoms with Gasteiger partial charge in [-0.15, -0.1) is 0 Å². The van der Waals surface area contributed by atoms with E-state index in [1.54, 1.807) is 13.3 Å². The molecule has 4 aliphatic heterocycles. The summed E-state index contributed by atoms with van der Waals surface area (Å²) in [5.41, 5.74) is 16.7. The molecule has 0 spiro atoms. The molecule has 5 aliphatic rings. The van der Waals surface area contributed by atoms with E-state index in [2.05, 4.69) is 37.1 Å². The molecular formula is C55H76N11O11S+. The molecule has 2 aromatic carbocycles. The average molecular weight is 1100 g/mol. The molecule has 3 unspecified atom stereocenters. The highest BCUT2D eigenvalue weighted by molar-refractivity contribution is 7.87. The number of nitrogens with one attached hydrogen (secondary N) is 3. The van der Waals surface area contributed by atoms with Crippen molar-refractivity contribution in [2.75, 3.05) is 44.7 Å². The van der Waals surface area contributed by atoms with Crippen LogP contribution in [0.4, 0.5) is 10.5 Å². The Morgan fingerprint density at radius 1 is 0.974 bits per heavy atom. The number of hydrogen-bond donors (Lipinski definition) is 8. The lowest BCUT2D eigenvalue weighted by Gasteiger charge is -2.35. The first kappa shape index (κ1) is 59.0. The first-order valence-corrected chi connectivity index (χ1v) is 28.4. The van der Waals surface area contributed by atoms with Gasteiger partial charge in [0.05, 0.1) is 36.0 Å². The van der Waals surface area contributed by atoms with Crippen LogP contribution in [0.25, 0.3) is 0 Å². The Balaban J connectivity index is 1.06. The number of aliphatic hydroxyl groups is 2. The van der Waals surface area contributed by atoms with Gasteiger partial charge < -0.3 is 46.9 Å². The number of ketones is 2. The van der Waals surface area contributed by atoms with E-state index >= 15 is 0 Å². The first-order chi connectivity index (χ1) is 37.0. The number of ether oxygens (including phenoxy) is 1. The lowest BCUT2D eigenvalue weighted by atomic mass is 9.86. The number of rotatable bonds is 24. The minimum atomic E-state index is -4.09. The third-order valence-corrected chi connectivity index (χ3v) is 16.1. The van der Waals surface area contributed by atoms with Crippen LogP contribution in [0.3, 0.4) is 0 Å². The summed E-state index contributed by atoms with van der Waals surface area (Å²) in [4.78, 5) is 86.7. The van der Waals surface area contributed by atoms with Gasteiger partial charge >= 0.3 is 6.03 Å². The number of amidine groups is 1. The van der Waals surface area contributed by atoms with E-state index in [0.717, 1.165) is 28.9 Å². The van der Waals surface area contributed by atoms with Gasteiger partial charge in [0.25, 0.3) is 16.5 Å². The number of unbranched alkanes of at least 4 members (excludes halogenated alkanes) is 2. The molecule has 0 radical (unpaired) electrons. The number of urea groups is 1. The second-order valence-electron chi connectivity index (χ2n) is 21.6. The lowest BCUT2D eigenvalue weighted by molar-refractivity contribution is -0.604. The number of carbonyl (C=O) groups excluding carboxylic acids is 6. The van der Waals surface area contributed by atoms with Gasteiger partial charge in [-0.05, 0) is 72.7 Å². The summed E-state index contributed by atoms with van der Waals surface area (Å²) in [6, 6.07) is 9.25. The van der Waals surface area contributed by atoms with E-state index in [4.69, 9.17) is 21.3 Å². The van der Waals surface area contributed by atoms with Gasteiger partial charge in [-0.1, -0.05) is 69.4 Å². The molecule has 2 fully saturated rings. The fraction of sp³-hybridized carbons (Fsp3) is 0.564. The SMILES string of the molecule is Cc1ccc2c(c1C#CC1=CN([C@H]3C[C@@H](CNS(N)(=O)=O)[C@@H](O)[C@H]3O)C3C1C(N)=NC=[N+]3Cc1ccc([C@@H](CCCNC(N)=O)C(=O)CCC(=O)[C@H](NC(=O)CCCCCN3C(=O)CC(C)C3=O)C(C)C)cc1)OCCN2C. The predicted octanol–water partition coefficient (Wildman–Crippen LogP) is 1.38. The maximum Gasteiger partial charge on any atom is 0.312 e. The zero-order valence-corrected chi connectivity index (χ0v) is 46.0. The Hall–Kier alpha value is -6.71. The Morgan fingerprint density at radius 3 is 2.38 bits per heavy atom. The fourth-order valence-electron chi connectivity index (χ4n) is 11.1. The summed E-state index contributed by atoms with van der Waals surface area (Å²) in [5, 5.41) is 33.6. The fourth-order valence-corrected chi connectivity index (χ4v) is 11.6. The topological polar surface area (TPSA) is 325 Å². The van der Waals surface area contributed by atoms with Gasteiger partial charge in [-0.3, -0.25) is 28.9 Å². The van der Waals surface area contributed by atoms with Crippen LogP contribution in [0.5, 0.6) is 5.75 Å². The molecule has 1 saturated heterocycles. The average Bonchev–Trinajstić information content (AvgIpc) is 4.09. The summed E-state index contributed by atoms with van der Waals surface area (Å²) in [5.74, 6) is 4.10. The predicted molar refractivity (Wildman–Crippen MR) is 292 cm³/mol. The van der Waals surface area contributed by atoms with Gasteiger partial charge in [0.1, 0.15) is 31.0 Å². The van der Waals surface area contributed by atoms with E-state index < -0.39 is 64.5 Å². The number of Topliss-reactive ketones (excluding diaryl/α,β-unsaturated/α-hetero) is 2. The van der Waals surface area contributed by atoms with Crippen LogP contribution >= 0.6 is 0 Å². The molecule has 4 heterocycles. The van der Waals surface area contributed by atoms with Crippen molar-refractivity contribution in [1.29, 1.82) is 0 Å². The molecule has 9 atom stereocenters. The van der Waals surface area contributed by atoms with Crippen molar-refractivity contribution in [3.05, 3.63) is 70.4 Å². The Bertz CT molecular complexity index is 2880. The number of amides is 5. The number of nitrogens with two attached hydrogens (primary N) is 3. The van der Waals surface area contributed by atoms with Gasteiger partial charge in [0.15, 0.2) is 17.7 Å². The highest BCUT2D eigenvalue weighted by Crippen LogP contribution is 2.41. The number of primary amides is 1.